The molecular weight excluding hydrogens is 448 g/mol. The normalized spacial score (nSPS) is 11.2. The fourth-order valence-electron chi connectivity index (χ4n) is 2.93. The van der Waals surface area contributed by atoms with E-state index in [0.717, 1.165) is 0 Å². The Labute approximate surface area is 197 Å². The average Bonchev–Trinajstić information content (AvgIpc) is 3.12. The summed E-state index contributed by atoms with van der Waals surface area (Å²) >= 11 is 5.83. The van der Waals surface area contributed by atoms with Gasteiger partial charge in [0.15, 0.2) is 0 Å². The van der Waals surface area contributed by atoms with Crippen LogP contribution in [0.3, 0.4) is 0 Å². The van der Waals surface area contributed by atoms with Gasteiger partial charge in [0, 0.05) is 25.7 Å². The lowest BCUT2D eigenvalue weighted by molar-refractivity contribution is 0.0278. The third-order valence-corrected chi connectivity index (χ3v) is 4.71. The summed E-state index contributed by atoms with van der Waals surface area (Å²) in [5.41, 5.74) is 0.481. The number of carbonyl (C=O) groups is 2. The maximum absolute atomic E-state index is 12.7. The highest BCUT2D eigenvalue weighted by molar-refractivity contribution is 6.30. The molecule has 0 aliphatic carbocycles. The molecule has 1 aromatic carbocycles. The van der Waals surface area contributed by atoms with Gasteiger partial charge in [-0.3, -0.25) is 4.79 Å². The highest BCUT2D eigenvalue weighted by Gasteiger charge is 2.22. The van der Waals surface area contributed by atoms with Crippen molar-refractivity contribution in [1.82, 2.24) is 9.88 Å². The molecule has 33 heavy (non-hydrogen) atoms. The second-order valence-corrected chi connectivity index (χ2v) is 8.72. The summed E-state index contributed by atoms with van der Waals surface area (Å²) in [5, 5.41) is 6.85. The Morgan fingerprint density at radius 3 is 2.61 bits per heavy atom. The van der Waals surface area contributed by atoms with Crippen LogP contribution in [0, 0.1) is 0 Å². The van der Waals surface area contributed by atoms with Gasteiger partial charge in [-0.05, 0) is 51.1 Å². The van der Waals surface area contributed by atoms with Crippen LogP contribution in [-0.4, -0.2) is 54.7 Å². The molecule has 0 spiro atoms. The number of likely N-dealkylation sites (N-methyl/N-ethyl adjacent to an activating group) is 1. The number of ether oxygens (including phenoxy) is 2. The summed E-state index contributed by atoms with van der Waals surface area (Å²) in [6.45, 7) is 6.06. The van der Waals surface area contributed by atoms with E-state index in [1.807, 2.05) is 20.8 Å². The Balaban J connectivity index is 1.69. The number of hydrogen-bond donors (Lipinski definition) is 2. The zero-order valence-electron chi connectivity index (χ0n) is 19.2. The van der Waals surface area contributed by atoms with Crippen molar-refractivity contribution in [1.29, 1.82) is 0 Å². The molecule has 0 aliphatic heterocycles. The number of nitrogens with one attached hydrogen (secondary N) is 2. The lowest BCUT2D eigenvalue weighted by Gasteiger charge is -2.24. The van der Waals surface area contributed by atoms with E-state index < -0.39 is 17.6 Å². The number of anilines is 2. The molecule has 0 atom stereocenters. The maximum atomic E-state index is 12.7. The second kappa shape index (κ2) is 9.99. The number of hydrogen-bond acceptors (Lipinski definition) is 7. The first kappa shape index (κ1) is 24.2. The molecule has 176 valence electrons. The number of carbonyl (C=O) groups excluding carboxylic acids is 2. The van der Waals surface area contributed by atoms with Crippen LogP contribution in [0.2, 0.25) is 5.02 Å². The van der Waals surface area contributed by atoms with Gasteiger partial charge in [-0.15, -0.1) is 0 Å². The molecule has 0 radical (unpaired) electrons. The van der Waals surface area contributed by atoms with Crippen molar-refractivity contribution < 1.29 is 23.5 Å². The highest BCUT2D eigenvalue weighted by Crippen LogP contribution is 2.33. The molecule has 2 heterocycles. The van der Waals surface area contributed by atoms with Crippen LogP contribution in [0.4, 0.5) is 16.3 Å². The molecular formula is C23H27ClN4O5. The zero-order chi connectivity index (χ0) is 24.2. The van der Waals surface area contributed by atoms with Gasteiger partial charge in [-0.2, -0.15) is 0 Å². The van der Waals surface area contributed by atoms with Crippen molar-refractivity contribution >= 4 is 46.1 Å². The number of pyridine rings is 1. The molecule has 9 nitrogen and oxygen atoms in total. The van der Waals surface area contributed by atoms with Crippen molar-refractivity contribution in [3.63, 3.8) is 0 Å². The lowest BCUT2D eigenvalue weighted by atomic mass is 10.2. The van der Waals surface area contributed by atoms with E-state index >= 15 is 0 Å². The third kappa shape index (κ3) is 6.29. The molecule has 0 fully saturated rings. The standard InChI is InChI=1S/C23H27ClN4O5/c1-23(2,3)33-22(30)28(5)10-11-31-15-7-8-17-16(12-15)19(25-4)20(32-17)21(29)27-18-9-6-14(24)13-26-18/h6-9,12-13,25H,10-11H2,1-5H3,(H,26,27,29). The number of furan rings is 1. The molecule has 2 amide bonds. The fraction of sp³-hybridized carbons (Fsp3) is 0.348. The minimum absolute atomic E-state index is 0.117. The number of halogens is 1. The number of nitrogens with zero attached hydrogens (tertiary/aromatic N) is 2. The number of fused-ring (bicyclic) bond motifs is 1. The van der Waals surface area contributed by atoms with Gasteiger partial charge >= 0.3 is 6.09 Å². The summed E-state index contributed by atoms with van der Waals surface area (Å²) in [5.74, 6) is 0.589. The van der Waals surface area contributed by atoms with Crippen LogP contribution in [0.5, 0.6) is 5.75 Å². The molecule has 0 aliphatic rings. The van der Waals surface area contributed by atoms with Gasteiger partial charge in [-0.1, -0.05) is 11.6 Å². The van der Waals surface area contributed by atoms with E-state index in [1.165, 1.54) is 11.1 Å². The smallest absolute Gasteiger partial charge is 0.410 e. The first-order chi connectivity index (χ1) is 15.6. The number of aromatic nitrogens is 1. The Hall–Kier alpha value is -3.46. The minimum Gasteiger partial charge on any atom is -0.492 e. The van der Waals surface area contributed by atoms with Crippen LogP contribution in [0.25, 0.3) is 11.0 Å². The fourth-order valence-corrected chi connectivity index (χ4v) is 3.04. The predicted molar refractivity (Wildman–Crippen MR) is 127 cm³/mol. The van der Waals surface area contributed by atoms with E-state index in [2.05, 4.69) is 15.6 Å². The Kier molecular flexibility index (Phi) is 7.33. The van der Waals surface area contributed by atoms with Gasteiger partial charge < -0.3 is 29.4 Å². The van der Waals surface area contributed by atoms with Crippen molar-refractivity contribution in [2.24, 2.45) is 0 Å². The second-order valence-electron chi connectivity index (χ2n) is 8.28. The molecule has 0 unspecified atom stereocenters. The van der Waals surface area contributed by atoms with Crippen molar-refractivity contribution in [3.8, 4) is 5.75 Å². The van der Waals surface area contributed by atoms with Gasteiger partial charge in [0.25, 0.3) is 5.91 Å². The molecule has 0 saturated carbocycles. The lowest BCUT2D eigenvalue weighted by Crippen LogP contribution is -2.36. The Bertz CT molecular complexity index is 1140. The van der Waals surface area contributed by atoms with Gasteiger partial charge in [0.2, 0.25) is 5.76 Å². The maximum Gasteiger partial charge on any atom is 0.410 e. The highest BCUT2D eigenvalue weighted by atomic mass is 35.5. The number of amides is 2. The minimum atomic E-state index is -0.560. The summed E-state index contributed by atoms with van der Waals surface area (Å²) in [6.07, 6.45) is 1.03. The number of rotatable bonds is 7. The van der Waals surface area contributed by atoms with Crippen LogP contribution in [0.1, 0.15) is 31.3 Å². The van der Waals surface area contributed by atoms with Crippen LogP contribution < -0.4 is 15.4 Å². The molecule has 2 N–H and O–H groups in total. The first-order valence-corrected chi connectivity index (χ1v) is 10.7. The summed E-state index contributed by atoms with van der Waals surface area (Å²) in [7, 11) is 3.35. The first-order valence-electron chi connectivity index (χ1n) is 10.3. The quantitative estimate of drug-likeness (QED) is 0.495. The van der Waals surface area contributed by atoms with Gasteiger partial charge in [-0.25, -0.2) is 9.78 Å². The van der Waals surface area contributed by atoms with Crippen LogP contribution in [0.15, 0.2) is 40.9 Å². The zero-order valence-corrected chi connectivity index (χ0v) is 19.9. The topological polar surface area (TPSA) is 106 Å². The van der Waals surface area contributed by atoms with E-state index in [1.54, 1.807) is 44.4 Å². The average molecular weight is 475 g/mol. The monoisotopic (exact) mass is 474 g/mol. The van der Waals surface area contributed by atoms with E-state index in [0.29, 0.717) is 39.8 Å². The van der Waals surface area contributed by atoms with Crippen LogP contribution in [-0.2, 0) is 4.74 Å². The largest absolute Gasteiger partial charge is 0.492 e. The molecule has 3 rings (SSSR count). The third-order valence-electron chi connectivity index (χ3n) is 4.49. The molecule has 3 aromatic rings. The van der Waals surface area contributed by atoms with Crippen LogP contribution >= 0.6 is 11.6 Å². The number of benzene rings is 1. The molecule has 0 bridgehead atoms. The van der Waals surface area contributed by atoms with Gasteiger partial charge in [0.1, 0.15) is 29.4 Å². The van der Waals surface area contributed by atoms with Crippen molar-refractivity contribution in [3.05, 3.63) is 47.3 Å². The van der Waals surface area contributed by atoms with E-state index in [4.69, 9.17) is 25.5 Å². The summed E-state index contributed by atoms with van der Waals surface area (Å²) in [6, 6.07) is 8.46. The van der Waals surface area contributed by atoms with Crippen molar-refractivity contribution in [2.75, 3.05) is 37.9 Å². The van der Waals surface area contributed by atoms with Crippen molar-refractivity contribution in [2.45, 2.75) is 26.4 Å². The van der Waals surface area contributed by atoms with Gasteiger partial charge in [0.05, 0.1) is 17.3 Å². The Morgan fingerprint density at radius 2 is 1.97 bits per heavy atom. The Morgan fingerprint density at radius 1 is 1.21 bits per heavy atom. The molecule has 0 saturated heterocycles. The molecule has 2 aromatic heterocycles. The summed E-state index contributed by atoms with van der Waals surface area (Å²) in [4.78, 5) is 30.3. The van der Waals surface area contributed by atoms with E-state index in [-0.39, 0.29) is 12.4 Å². The SMILES string of the molecule is CNc1c(C(=O)Nc2ccc(Cl)cn2)oc2ccc(OCCN(C)C(=O)OC(C)(C)C)cc12. The summed E-state index contributed by atoms with van der Waals surface area (Å²) < 4.78 is 16.9. The molecule has 10 heteroatoms. The van der Waals surface area contributed by atoms with E-state index in [9.17, 15) is 9.59 Å². The predicted octanol–water partition coefficient (Wildman–Crippen LogP) is 5.02.